The Labute approximate surface area is 529 Å². The van der Waals surface area contributed by atoms with Gasteiger partial charge in [0, 0.05) is 145 Å². The van der Waals surface area contributed by atoms with Gasteiger partial charge in [0.1, 0.15) is 6.54 Å². The Balaban J connectivity index is 0.000000570. The number of β-amino-alcohol motifs (C(OH)–C–C–N with tert-alkyl or cyclic N) is 1. The number of carbonyl (C=O) groups is 1. The molecule has 6 heterocycles. The van der Waals surface area contributed by atoms with Gasteiger partial charge in [0.05, 0.1) is 5.60 Å². The molecule has 4 atom stereocenters. The molecule has 0 saturated carbocycles. The molecule has 0 radical (unpaired) electrons. The first-order valence-corrected chi connectivity index (χ1v) is 30.3. The van der Waals surface area contributed by atoms with Crippen LogP contribution in [0, 0.1) is 42.0 Å². The SMILES string of the molecule is C/C=C\c1cc(C)n(CC)c(=O)c1.CCN1C[C@H](c2cc(C)n(CC)c(=O)c2)[C@H](c2ccccc2)C1.CCn1c(C)cc(C)cc1=O.CS.Cc1cc([C@H]2CN(CC(C)(C)O)C[C@H]2c2ccccc2)cc(=O)n1CC(=O)O.[3H]CN(CC)CC.[CH3-].[Pd]. The average Bonchev–Trinajstić information content (AvgIpc) is 2.99. The van der Waals surface area contributed by atoms with Crippen molar-refractivity contribution in [1.82, 2.24) is 33.0 Å². The van der Waals surface area contributed by atoms with E-state index in [-0.39, 0.29) is 68.5 Å². The number of carboxylic acids is 1. The molecule has 6 aromatic rings. The first kappa shape index (κ1) is 75.4. The summed E-state index contributed by atoms with van der Waals surface area (Å²) in [5.74, 6) is 0.147. The van der Waals surface area contributed by atoms with E-state index in [0.29, 0.717) is 31.1 Å². The topological polar surface area (TPSA) is 155 Å². The largest absolute Gasteiger partial charge is 0.480 e. The summed E-state index contributed by atoms with van der Waals surface area (Å²) in [6.07, 6.45) is 5.57. The maximum absolute atomic E-state index is 12.6. The van der Waals surface area contributed by atoms with Gasteiger partial charge in [0.15, 0.2) is 0 Å². The summed E-state index contributed by atoms with van der Waals surface area (Å²) < 4.78 is 13.5. The van der Waals surface area contributed by atoms with Gasteiger partial charge >= 0.3 is 5.97 Å². The van der Waals surface area contributed by atoms with E-state index in [9.17, 15) is 29.1 Å². The standard InChI is InChI=1S/C22H28N2O4.C20H26N2O.C11H15NO.C9H13NO.C5H13N.CH4S.CH3.Pd/c1-15-9-17(10-20(25)24(15)13-21(26)27)19-12-23(14-22(2,3)28)11-18(19)16-7-5-4-6-8-16;1-4-21-13-18(16-9-7-6-8-10-16)19(14-21)17-11-15(3)22(5-2)20(23)12-17;1-4-6-10-7-9(3)12(5-2)11(13)8-10;1-4-10-8(3)5-7(2)6-9(10)11;1-4-6(3)5-2;1-2;;/h4-10,18-19,28H,11-14H2,1-3H3,(H,26,27);6-12,18-19H,4-5,13-14H2,1-3H3;4,6-8H,5H2,1-3H3;5-6H,4H2,1-3H3;4-5H2,1-3H3;2H,1H3;1H3;/q;;;;;;-1;/b;;6-4-;;;;;/t2*18-,19+;;;;;;/m00....../s1/i;;;;3T;;;. The third-order valence-corrected chi connectivity index (χ3v) is 15.2. The van der Waals surface area contributed by atoms with Crippen molar-refractivity contribution < 1.29 is 36.8 Å². The molecule has 2 aliphatic rings. The molecular formula is C69H102N7O7PdS-. The first-order chi connectivity index (χ1) is 39.9. The van der Waals surface area contributed by atoms with Crippen LogP contribution < -0.4 is 22.2 Å². The minimum Gasteiger partial charge on any atom is -0.480 e. The van der Waals surface area contributed by atoms with E-state index in [1.165, 1.54) is 21.3 Å². The number of hydrogen-bond donors (Lipinski definition) is 3. The summed E-state index contributed by atoms with van der Waals surface area (Å²) in [6.45, 7) is 36.7. The Morgan fingerprint density at radius 2 is 0.953 bits per heavy atom. The van der Waals surface area contributed by atoms with Gasteiger partial charge in [0.25, 0.3) is 22.2 Å². The van der Waals surface area contributed by atoms with Crippen molar-refractivity contribution in [2.75, 3.05) is 65.6 Å². The average molecular weight is 1280 g/mol. The Hall–Kier alpha value is -5.70. The van der Waals surface area contributed by atoms with Crippen molar-refractivity contribution in [2.24, 2.45) is 0 Å². The zero-order valence-electron chi connectivity index (χ0n) is 54.9. The minimum atomic E-state index is -1.03. The van der Waals surface area contributed by atoms with Crippen LogP contribution in [0.1, 0.15) is 144 Å². The fourth-order valence-electron chi connectivity index (χ4n) is 11.1. The summed E-state index contributed by atoms with van der Waals surface area (Å²) in [4.78, 5) is 65.5. The van der Waals surface area contributed by atoms with Crippen molar-refractivity contribution in [1.29, 1.82) is 0 Å². The molecule has 2 aliphatic heterocycles. The van der Waals surface area contributed by atoms with Gasteiger partial charge in [-0.25, -0.2) is 0 Å². The second-order valence-corrected chi connectivity index (χ2v) is 21.9. The molecule has 16 heteroatoms. The number of hydrogen-bond acceptors (Lipinski definition) is 10. The molecule has 472 valence electrons. The Morgan fingerprint density at radius 1 is 0.576 bits per heavy atom. The van der Waals surface area contributed by atoms with Gasteiger partial charge in [-0.2, -0.15) is 12.6 Å². The number of allylic oxidation sites excluding steroid dienone is 1. The molecule has 0 amide bonds. The Morgan fingerprint density at radius 3 is 1.28 bits per heavy atom. The second-order valence-electron chi connectivity index (χ2n) is 21.9. The van der Waals surface area contributed by atoms with Crippen LogP contribution in [0.3, 0.4) is 0 Å². The molecule has 2 saturated heterocycles. The van der Waals surface area contributed by atoms with E-state index in [2.05, 4.69) is 91.7 Å². The number of aliphatic hydroxyl groups is 1. The summed E-state index contributed by atoms with van der Waals surface area (Å²) in [5, 5.41) is 19.3. The number of carboxylic acid groups (broad SMARTS) is 1. The molecular weight excluding hydrogens is 1180 g/mol. The molecule has 0 bridgehead atoms. The van der Waals surface area contributed by atoms with E-state index in [0.717, 1.165) is 99.2 Å². The Bertz CT molecular complexity index is 3240. The fourth-order valence-corrected chi connectivity index (χ4v) is 11.1. The number of aromatic nitrogens is 4. The van der Waals surface area contributed by atoms with Crippen molar-refractivity contribution in [3.8, 4) is 0 Å². The van der Waals surface area contributed by atoms with Crippen LogP contribution in [0.15, 0.2) is 134 Å². The molecule has 2 N–H and O–H groups in total. The first-order valence-electron chi connectivity index (χ1n) is 30.1. The van der Waals surface area contributed by atoms with Crippen LogP contribution >= 0.6 is 12.6 Å². The molecule has 0 aliphatic carbocycles. The van der Waals surface area contributed by atoms with E-state index in [4.69, 9.17) is 6.48 Å². The van der Waals surface area contributed by atoms with Gasteiger partial charge in [-0.3, -0.25) is 28.9 Å². The summed E-state index contributed by atoms with van der Waals surface area (Å²) in [5.41, 5.74) is 9.73. The summed E-state index contributed by atoms with van der Waals surface area (Å²) >= 11 is 3.53. The second kappa shape index (κ2) is 38.5. The number of rotatable bonds is 15. The maximum Gasteiger partial charge on any atom is 0.323 e. The van der Waals surface area contributed by atoms with Crippen LogP contribution in [0.5, 0.6) is 0 Å². The summed E-state index contributed by atoms with van der Waals surface area (Å²) in [7, 11) is 0.438. The molecule has 2 aromatic carbocycles. The van der Waals surface area contributed by atoms with E-state index >= 15 is 0 Å². The third kappa shape index (κ3) is 23.8. The van der Waals surface area contributed by atoms with Crippen molar-refractivity contribution in [3.63, 3.8) is 0 Å². The number of pyridine rings is 4. The fraction of sp³-hybridized carbons (Fsp3) is 0.478. The molecule has 0 spiro atoms. The zero-order chi connectivity index (χ0) is 62.8. The monoisotopic (exact) mass is 1280 g/mol. The van der Waals surface area contributed by atoms with Crippen LogP contribution in [0.2, 0.25) is 0 Å². The minimum absolute atomic E-state index is 0. The maximum atomic E-state index is 12.6. The number of aryl methyl sites for hydroxylation is 5. The van der Waals surface area contributed by atoms with E-state index < -0.39 is 11.6 Å². The van der Waals surface area contributed by atoms with Gasteiger partial charge < -0.3 is 45.7 Å². The van der Waals surface area contributed by atoms with Crippen LogP contribution in [0.25, 0.3) is 6.08 Å². The quantitative estimate of drug-likeness (QED) is 0.0514. The summed E-state index contributed by atoms with van der Waals surface area (Å²) in [6, 6.07) is 35.9. The van der Waals surface area contributed by atoms with Gasteiger partial charge in [-0.05, 0) is 167 Å². The van der Waals surface area contributed by atoms with E-state index in [1.807, 2.05) is 119 Å². The molecule has 85 heavy (non-hydrogen) atoms. The van der Waals surface area contributed by atoms with Crippen LogP contribution in [-0.4, -0.2) is 120 Å². The van der Waals surface area contributed by atoms with Gasteiger partial charge in [-0.15, -0.1) is 0 Å². The number of likely N-dealkylation sites (N-methyl/N-ethyl adjacent to an activating group) is 1. The molecule has 2 fully saturated rings. The number of likely N-dealkylation sites (tertiary alicyclic amines) is 2. The Kier molecular flexibility index (Phi) is 34.1. The number of nitrogens with zero attached hydrogens (tertiary/aromatic N) is 7. The predicted molar refractivity (Wildman–Crippen MR) is 355 cm³/mol. The van der Waals surface area contributed by atoms with Crippen molar-refractivity contribution >= 4 is 24.7 Å². The van der Waals surface area contributed by atoms with Gasteiger partial charge in [-0.1, -0.05) is 93.6 Å². The number of aliphatic carboxylic acids is 1. The molecule has 0 unspecified atom stereocenters. The van der Waals surface area contributed by atoms with Crippen LogP contribution in [0.4, 0.5) is 0 Å². The number of thiol groups is 1. The number of benzene rings is 2. The van der Waals surface area contributed by atoms with E-state index in [1.54, 1.807) is 54.4 Å². The van der Waals surface area contributed by atoms with Crippen molar-refractivity contribution in [2.45, 2.75) is 152 Å². The van der Waals surface area contributed by atoms with Crippen molar-refractivity contribution in [3.05, 3.63) is 220 Å². The molecule has 8 rings (SSSR count). The third-order valence-electron chi connectivity index (χ3n) is 15.2. The van der Waals surface area contributed by atoms with Crippen LogP contribution in [-0.2, 0) is 51.4 Å². The smallest absolute Gasteiger partial charge is 0.323 e. The normalized spacial score (nSPS) is 16.5. The zero-order valence-corrected chi connectivity index (χ0v) is 56.3. The molecule has 4 aromatic heterocycles. The van der Waals surface area contributed by atoms with Gasteiger partial charge in [0.2, 0.25) is 0 Å². The predicted octanol–water partition coefficient (Wildman–Crippen LogP) is 11.2. The molecule has 14 nitrogen and oxygen atoms in total.